The monoisotopic (exact) mass is 224 g/mol. The van der Waals surface area contributed by atoms with Crippen LogP contribution in [-0.2, 0) is 0 Å². The molecule has 2 nitrogen and oxygen atoms in total. The minimum absolute atomic E-state index is 0.403. The van der Waals surface area contributed by atoms with Crippen LogP contribution in [0.1, 0.15) is 53.4 Å². The van der Waals surface area contributed by atoms with Gasteiger partial charge in [-0.3, -0.25) is 4.90 Å². The highest BCUT2D eigenvalue weighted by atomic mass is 15.2. The minimum Gasteiger partial charge on any atom is -0.326 e. The number of likely N-dealkylation sites (tertiary alicyclic amines) is 1. The van der Waals surface area contributed by atoms with E-state index in [1.807, 2.05) is 0 Å². The summed E-state index contributed by atoms with van der Waals surface area (Å²) in [5, 5.41) is 0. The fraction of sp³-hybridized carbons (Fsp3) is 1.00. The van der Waals surface area contributed by atoms with Gasteiger partial charge in [-0.2, -0.15) is 0 Å². The molecule has 0 bridgehead atoms. The third-order valence-electron chi connectivity index (χ3n) is 4.67. The van der Waals surface area contributed by atoms with E-state index in [4.69, 9.17) is 5.73 Å². The van der Waals surface area contributed by atoms with Crippen molar-refractivity contribution in [1.82, 2.24) is 4.90 Å². The molecule has 0 aromatic rings. The van der Waals surface area contributed by atoms with Gasteiger partial charge in [-0.25, -0.2) is 0 Å². The Kier molecular flexibility index (Phi) is 3.33. The molecule has 16 heavy (non-hydrogen) atoms. The van der Waals surface area contributed by atoms with Gasteiger partial charge in [-0.15, -0.1) is 0 Å². The third kappa shape index (κ3) is 2.43. The number of hydrogen-bond donors (Lipinski definition) is 1. The largest absolute Gasteiger partial charge is 0.326 e. The molecular formula is C14H28N2. The van der Waals surface area contributed by atoms with Crippen molar-refractivity contribution < 1.29 is 0 Å². The first-order chi connectivity index (χ1) is 7.39. The highest BCUT2D eigenvalue weighted by Gasteiger charge is 2.40. The summed E-state index contributed by atoms with van der Waals surface area (Å²) >= 11 is 0. The molecule has 94 valence electrons. The molecule has 2 rings (SSSR count). The van der Waals surface area contributed by atoms with E-state index >= 15 is 0 Å². The molecule has 1 saturated carbocycles. The Morgan fingerprint density at radius 1 is 1.25 bits per heavy atom. The highest BCUT2D eigenvalue weighted by Crippen LogP contribution is 2.39. The lowest BCUT2D eigenvalue weighted by molar-refractivity contribution is 0.0720. The van der Waals surface area contributed by atoms with Crippen LogP contribution in [0.25, 0.3) is 0 Å². The summed E-state index contributed by atoms with van der Waals surface area (Å²) in [6.45, 7) is 10.8. The fourth-order valence-corrected chi connectivity index (χ4v) is 3.73. The third-order valence-corrected chi connectivity index (χ3v) is 4.67. The Morgan fingerprint density at radius 2 is 1.94 bits per heavy atom. The fourth-order valence-electron chi connectivity index (χ4n) is 3.73. The summed E-state index contributed by atoms with van der Waals surface area (Å²) in [6.07, 6.45) is 5.13. The van der Waals surface area contributed by atoms with Crippen LogP contribution in [-0.4, -0.2) is 29.6 Å². The van der Waals surface area contributed by atoms with Crippen LogP contribution in [0.3, 0.4) is 0 Å². The summed E-state index contributed by atoms with van der Waals surface area (Å²) in [7, 11) is 0. The lowest BCUT2D eigenvalue weighted by Gasteiger charge is -2.45. The average molecular weight is 224 g/mol. The van der Waals surface area contributed by atoms with Gasteiger partial charge in [-0.1, -0.05) is 20.8 Å². The van der Waals surface area contributed by atoms with Gasteiger partial charge in [0.15, 0.2) is 0 Å². The first-order valence-corrected chi connectivity index (χ1v) is 6.90. The van der Waals surface area contributed by atoms with Crippen LogP contribution in [0, 0.1) is 11.3 Å². The Hall–Kier alpha value is -0.0800. The molecule has 2 heteroatoms. The van der Waals surface area contributed by atoms with Crippen molar-refractivity contribution in [2.75, 3.05) is 6.54 Å². The maximum absolute atomic E-state index is 6.35. The smallest absolute Gasteiger partial charge is 0.0255 e. The van der Waals surface area contributed by atoms with Gasteiger partial charge in [-0.05, 0) is 43.9 Å². The minimum atomic E-state index is 0.403. The molecule has 0 aromatic carbocycles. The van der Waals surface area contributed by atoms with Crippen LogP contribution < -0.4 is 5.73 Å². The Morgan fingerprint density at radius 3 is 2.50 bits per heavy atom. The van der Waals surface area contributed by atoms with E-state index in [2.05, 4.69) is 32.6 Å². The quantitative estimate of drug-likeness (QED) is 0.742. The second-order valence-corrected chi connectivity index (χ2v) is 7.02. The van der Waals surface area contributed by atoms with E-state index in [0.717, 1.165) is 12.0 Å². The second kappa shape index (κ2) is 4.30. The summed E-state index contributed by atoms with van der Waals surface area (Å²) in [6, 6.07) is 1.77. The van der Waals surface area contributed by atoms with Crippen molar-refractivity contribution in [1.29, 1.82) is 0 Å². The van der Waals surface area contributed by atoms with Crippen LogP contribution in [0.5, 0.6) is 0 Å². The number of rotatable bonds is 1. The van der Waals surface area contributed by atoms with Crippen molar-refractivity contribution in [3.8, 4) is 0 Å². The Balaban J connectivity index is 2.07. The zero-order valence-corrected chi connectivity index (χ0v) is 11.4. The van der Waals surface area contributed by atoms with Crippen molar-refractivity contribution in [3.63, 3.8) is 0 Å². The topological polar surface area (TPSA) is 29.3 Å². The van der Waals surface area contributed by atoms with Gasteiger partial charge in [0.2, 0.25) is 0 Å². The standard InChI is InChI=1S/C14H28N2/c1-10-7-11(2)16(9-10)13-8-14(3,4)6-5-12(13)15/h10-13H,5-9,15H2,1-4H3. The number of hydrogen-bond acceptors (Lipinski definition) is 2. The van der Waals surface area contributed by atoms with Crippen LogP contribution >= 0.6 is 0 Å². The average Bonchev–Trinajstić information content (AvgIpc) is 2.50. The molecule has 0 radical (unpaired) electrons. The van der Waals surface area contributed by atoms with E-state index in [0.29, 0.717) is 17.5 Å². The SMILES string of the molecule is CC1CC(C)N(C2CC(C)(C)CCC2N)C1. The van der Waals surface area contributed by atoms with E-state index in [-0.39, 0.29) is 0 Å². The van der Waals surface area contributed by atoms with Gasteiger partial charge in [0, 0.05) is 24.7 Å². The zero-order chi connectivity index (χ0) is 11.9. The summed E-state index contributed by atoms with van der Waals surface area (Å²) in [5.41, 5.74) is 6.84. The summed E-state index contributed by atoms with van der Waals surface area (Å²) < 4.78 is 0. The molecule has 4 atom stereocenters. The second-order valence-electron chi connectivity index (χ2n) is 7.02. The molecule has 1 aliphatic heterocycles. The van der Waals surface area contributed by atoms with Crippen LogP contribution in [0.15, 0.2) is 0 Å². The molecule has 1 saturated heterocycles. The van der Waals surface area contributed by atoms with Crippen molar-refractivity contribution in [2.45, 2.75) is 71.5 Å². The molecule has 1 heterocycles. The predicted molar refractivity (Wildman–Crippen MR) is 69.3 cm³/mol. The van der Waals surface area contributed by atoms with Crippen molar-refractivity contribution in [2.24, 2.45) is 17.1 Å². The van der Waals surface area contributed by atoms with Crippen molar-refractivity contribution in [3.05, 3.63) is 0 Å². The summed E-state index contributed by atoms with van der Waals surface area (Å²) in [5.74, 6) is 0.854. The molecule has 2 fully saturated rings. The number of nitrogens with zero attached hydrogens (tertiary/aromatic N) is 1. The molecule has 1 aliphatic carbocycles. The number of nitrogens with two attached hydrogens (primary N) is 1. The first kappa shape index (κ1) is 12.4. The molecule has 4 unspecified atom stereocenters. The van der Waals surface area contributed by atoms with E-state index in [1.165, 1.54) is 32.2 Å². The zero-order valence-electron chi connectivity index (χ0n) is 11.4. The van der Waals surface area contributed by atoms with Crippen LogP contribution in [0.4, 0.5) is 0 Å². The van der Waals surface area contributed by atoms with Gasteiger partial charge < -0.3 is 5.73 Å². The molecular weight excluding hydrogens is 196 g/mol. The predicted octanol–water partition coefficient (Wildman–Crippen LogP) is 2.62. The van der Waals surface area contributed by atoms with Crippen LogP contribution in [0.2, 0.25) is 0 Å². The first-order valence-electron chi connectivity index (χ1n) is 6.90. The Labute approximate surface area is 101 Å². The lowest BCUT2D eigenvalue weighted by atomic mass is 9.72. The molecule has 0 aromatic heterocycles. The molecule has 2 aliphatic rings. The van der Waals surface area contributed by atoms with Gasteiger partial charge in [0.1, 0.15) is 0 Å². The van der Waals surface area contributed by atoms with E-state index < -0.39 is 0 Å². The van der Waals surface area contributed by atoms with Crippen molar-refractivity contribution >= 4 is 0 Å². The van der Waals surface area contributed by atoms with E-state index in [9.17, 15) is 0 Å². The maximum Gasteiger partial charge on any atom is 0.0255 e. The van der Waals surface area contributed by atoms with E-state index in [1.54, 1.807) is 0 Å². The highest BCUT2D eigenvalue weighted by molar-refractivity contribution is 4.96. The maximum atomic E-state index is 6.35. The Bertz CT molecular complexity index is 249. The molecule has 2 N–H and O–H groups in total. The van der Waals surface area contributed by atoms with Gasteiger partial charge >= 0.3 is 0 Å². The molecule has 0 amide bonds. The van der Waals surface area contributed by atoms with Gasteiger partial charge in [0.05, 0.1) is 0 Å². The van der Waals surface area contributed by atoms with Gasteiger partial charge in [0.25, 0.3) is 0 Å². The summed E-state index contributed by atoms with van der Waals surface area (Å²) in [4.78, 5) is 2.69. The normalized spacial score (nSPS) is 44.8. The lowest BCUT2D eigenvalue weighted by Crippen LogP contribution is -2.53. The molecule has 0 spiro atoms.